The lowest BCUT2D eigenvalue weighted by molar-refractivity contribution is 0.317. The van der Waals surface area contributed by atoms with Crippen LogP contribution in [0.4, 0.5) is 0 Å². The SMILES string of the molecule is CCSN=C(N)ON. The Morgan fingerprint density at radius 1 is 1.88 bits per heavy atom. The molecule has 48 valence electrons. The van der Waals surface area contributed by atoms with Gasteiger partial charge in [-0.1, -0.05) is 6.92 Å². The normalized spacial score (nSPS) is 11.5. The van der Waals surface area contributed by atoms with E-state index in [9.17, 15) is 0 Å². The van der Waals surface area contributed by atoms with Crippen LogP contribution in [0.25, 0.3) is 0 Å². The summed E-state index contributed by atoms with van der Waals surface area (Å²) in [5, 5.41) is 0. The van der Waals surface area contributed by atoms with Crippen LogP contribution in [0.5, 0.6) is 0 Å². The second-order valence-corrected chi connectivity index (χ2v) is 1.98. The van der Waals surface area contributed by atoms with E-state index >= 15 is 0 Å². The van der Waals surface area contributed by atoms with Gasteiger partial charge in [0.25, 0.3) is 0 Å². The van der Waals surface area contributed by atoms with Crippen molar-refractivity contribution in [3.8, 4) is 0 Å². The van der Waals surface area contributed by atoms with E-state index in [2.05, 4.69) is 15.1 Å². The first-order chi connectivity index (χ1) is 3.81. The fraction of sp³-hybridized carbons (Fsp3) is 0.667. The van der Waals surface area contributed by atoms with Crippen LogP contribution in [0, 0.1) is 0 Å². The summed E-state index contributed by atoms with van der Waals surface area (Å²) in [5.74, 6) is 5.51. The van der Waals surface area contributed by atoms with Gasteiger partial charge in [0.05, 0.1) is 0 Å². The third kappa shape index (κ3) is 3.76. The summed E-state index contributed by atoms with van der Waals surface area (Å²) >= 11 is 1.30. The molecule has 0 fully saturated rings. The van der Waals surface area contributed by atoms with E-state index in [0.717, 1.165) is 5.75 Å². The molecule has 4 N–H and O–H groups in total. The molecule has 0 aromatic heterocycles. The summed E-state index contributed by atoms with van der Waals surface area (Å²) in [7, 11) is 0. The summed E-state index contributed by atoms with van der Waals surface area (Å²) in [4.78, 5) is 4.06. The molecular weight excluding hydrogens is 126 g/mol. The van der Waals surface area contributed by atoms with Gasteiger partial charge in [-0.15, -0.1) is 0 Å². The van der Waals surface area contributed by atoms with E-state index in [1.807, 2.05) is 6.92 Å². The maximum Gasteiger partial charge on any atom is 0.313 e. The second-order valence-electron chi connectivity index (χ2n) is 0.965. The zero-order valence-electron chi connectivity index (χ0n) is 4.63. The van der Waals surface area contributed by atoms with E-state index in [1.54, 1.807) is 0 Å². The van der Waals surface area contributed by atoms with E-state index in [0.29, 0.717) is 0 Å². The fourth-order valence-corrected chi connectivity index (χ4v) is 0.449. The van der Waals surface area contributed by atoms with Crippen molar-refractivity contribution in [2.75, 3.05) is 5.75 Å². The summed E-state index contributed by atoms with van der Waals surface area (Å²) in [6.07, 6.45) is 0. The van der Waals surface area contributed by atoms with Gasteiger partial charge < -0.3 is 10.6 Å². The quantitative estimate of drug-likeness (QED) is 0.239. The molecule has 8 heavy (non-hydrogen) atoms. The number of hydrogen-bond acceptors (Lipinski definition) is 4. The van der Waals surface area contributed by atoms with Gasteiger partial charge in [-0.3, -0.25) is 0 Å². The zero-order chi connectivity index (χ0) is 6.41. The molecule has 0 amide bonds. The molecule has 0 spiro atoms. The Labute approximate surface area is 52.4 Å². The highest BCUT2D eigenvalue weighted by Gasteiger charge is 1.83. The molecule has 0 radical (unpaired) electrons. The topological polar surface area (TPSA) is 73.6 Å². The molecule has 0 unspecified atom stereocenters. The highest BCUT2D eigenvalue weighted by atomic mass is 32.2. The number of nitrogens with zero attached hydrogens (tertiary/aromatic N) is 1. The summed E-state index contributed by atoms with van der Waals surface area (Å²) in [5.41, 5.74) is 5.04. The molecule has 0 bridgehead atoms. The van der Waals surface area contributed by atoms with Crippen LogP contribution in [0.1, 0.15) is 6.92 Å². The highest BCUT2D eigenvalue weighted by Crippen LogP contribution is 1.97. The largest absolute Gasteiger partial charge is 0.373 e. The van der Waals surface area contributed by atoms with Gasteiger partial charge in [-0.25, -0.2) is 0 Å². The lowest BCUT2D eigenvalue weighted by Gasteiger charge is -1.91. The maximum absolute atomic E-state index is 5.04. The van der Waals surface area contributed by atoms with Gasteiger partial charge in [0, 0.05) is 5.75 Å². The standard InChI is InChI=1S/C3H9N3OS/c1-2-8-6-3(4)7-5/h2,5H2,1H3,(H2,4,6). The third-order valence-electron chi connectivity index (χ3n) is 0.404. The van der Waals surface area contributed by atoms with E-state index in [1.165, 1.54) is 11.9 Å². The average molecular weight is 135 g/mol. The monoisotopic (exact) mass is 135 g/mol. The van der Waals surface area contributed by atoms with Crippen molar-refractivity contribution in [1.82, 2.24) is 0 Å². The van der Waals surface area contributed by atoms with E-state index in [-0.39, 0.29) is 6.02 Å². The molecular formula is C3H9N3OS. The predicted octanol–water partition coefficient (Wildman–Crippen LogP) is -0.140. The Hall–Kier alpha value is -0.420. The van der Waals surface area contributed by atoms with E-state index in [4.69, 9.17) is 5.73 Å². The first-order valence-electron chi connectivity index (χ1n) is 2.13. The molecule has 4 nitrogen and oxygen atoms in total. The van der Waals surface area contributed by atoms with Gasteiger partial charge in [-0.05, 0) is 11.9 Å². The van der Waals surface area contributed by atoms with Gasteiger partial charge >= 0.3 is 6.02 Å². The summed E-state index contributed by atoms with van der Waals surface area (Å²) in [6, 6.07) is 0.0110. The van der Waals surface area contributed by atoms with Gasteiger partial charge in [-0.2, -0.15) is 10.3 Å². The molecule has 0 aliphatic carbocycles. The van der Waals surface area contributed by atoms with E-state index < -0.39 is 0 Å². The van der Waals surface area contributed by atoms with Crippen LogP contribution in [-0.2, 0) is 4.84 Å². The van der Waals surface area contributed by atoms with Crippen LogP contribution in [0.15, 0.2) is 4.40 Å². The average Bonchev–Trinajstić information content (AvgIpc) is 1.83. The fourth-order valence-electron chi connectivity index (χ4n) is 0.150. The molecule has 5 heteroatoms. The van der Waals surface area contributed by atoms with Crippen LogP contribution in [0.3, 0.4) is 0 Å². The van der Waals surface area contributed by atoms with Gasteiger partial charge in [0.2, 0.25) is 0 Å². The molecule has 0 aromatic carbocycles. The summed E-state index contributed by atoms with van der Waals surface area (Å²) < 4.78 is 3.62. The lowest BCUT2D eigenvalue weighted by Crippen LogP contribution is -2.19. The molecule has 0 aliphatic rings. The maximum atomic E-state index is 5.04. The number of nitrogens with two attached hydrogens (primary N) is 2. The lowest BCUT2D eigenvalue weighted by atomic mass is 11.0. The minimum absolute atomic E-state index is 0.0110. The molecule has 0 rings (SSSR count). The van der Waals surface area contributed by atoms with Crippen molar-refractivity contribution in [2.45, 2.75) is 6.92 Å². The molecule has 0 saturated heterocycles. The van der Waals surface area contributed by atoms with Gasteiger partial charge in [0.15, 0.2) is 0 Å². The summed E-state index contributed by atoms with van der Waals surface area (Å²) in [6.45, 7) is 1.96. The Bertz CT molecular complexity index is 84.6. The van der Waals surface area contributed by atoms with Crippen molar-refractivity contribution in [3.63, 3.8) is 0 Å². The minimum Gasteiger partial charge on any atom is -0.373 e. The minimum atomic E-state index is 0.0110. The Morgan fingerprint density at radius 3 is 2.88 bits per heavy atom. The first-order valence-corrected chi connectivity index (χ1v) is 3.07. The van der Waals surface area contributed by atoms with Crippen molar-refractivity contribution in [1.29, 1.82) is 0 Å². The molecule has 0 aliphatic heterocycles. The Kier molecular flexibility index (Phi) is 4.48. The van der Waals surface area contributed by atoms with Crippen molar-refractivity contribution < 1.29 is 4.84 Å². The molecule has 0 atom stereocenters. The van der Waals surface area contributed by atoms with Gasteiger partial charge in [0.1, 0.15) is 0 Å². The molecule has 0 heterocycles. The number of amidine groups is 1. The van der Waals surface area contributed by atoms with Crippen LogP contribution in [-0.4, -0.2) is 11.8 Å². The Morgan fingerprint density at radius 2 is 2.50 bits per heavy atom. The Balaban J connectivity index is 3.26. The predicted molar refractivity (Wildman–Crippen MR) is 35.0 cm³/mol. The number of rotatable bonds is 2. The second kappa shape index (κ2) is 4.73. The van der Waals surface area contributed by atoms with Crippen molar-refractivity contribution in [3.05, 3.63) is 0 Å². The zero-order valence-corrected chi connectivity index (χ0v) is 5.44. The third-order valence-corrected chi connectivity index (χ3v) is 0.972. The highest BCUT2D eigenvalue weighted by molar-refractivity contribution is 7.98. The smallest absolute Gasteiger partial charge is 0.313 e. The van der Waals surface area contributed by atoms with Crippen molar-refractivity contribution >= 4 is 18.0 Å². The van der Waals surface area contributed by atoms with Crippen LogP contribution >= 0.6 is 11.9 Å². The molecule has 0 saturated carbocycles. The first kappa shape index (κ1) is 7.58. The number of hydrogen-bond donors (Lipinski definition) is 2. The van der Waals surface area contributed by atoms with Crippen LogP contribution < -0.4 is 11.6 Å². The molecule has 0 aromatic rings. The van der Waals surface area contributed by atoms with Crippen LogP contribution in [0.2, 0.25) is 0 Å². The van der Waals surface area contributed by atoms with Crippen molar-refractivity contribution in [2.24, 2.45) is 16.0 Å².